The summed E-state index contributed by atoms with van der Waals surface area (Å²) in [5.41, 5.74) is 2.15. The van der Waals surface area contributed by atoms with Crippen LogP contribution in [0.5, 0.6) is 0 Å². The van der Waals surface area contributed by atoms with E-state index in [1.807, 2.05) is 6.92 Å². The Morgan fingerprint density at radius 1 is 1.07 bits per heavy atom. The van der Waals surface area contributed by atoms with Gasteiger partial charge in [0.15, 0.2) is 11.5 Å². The first-order valence-electron chi connectivity index (χ1n) is 8.41. The van der Waals surface area contributed by atoms with Crippen LogP contribution < -0.4 is 16.0 Å². The lowest BCUT2D eigenvalue weighted by Crippen LogP contribution is -2.28. The number of anilines is 3. The molecule has 10 nitrogen and oxygen atoms in total. The molecule has 2 aromatic heterocycles. The number of carbonyl (C=O) groups excluding carboxylic acids is 1. The molecule has 3 rings (SSSR count). The number of aromatic nitrogens is 3. The molecule has 0 aliphatic carbocycles. The molecule has 2 amide bonds. The van der Waals surface area contributed by atoms with Crippen LogP contribution in [-0.4, -0.2) is 37.3 Å². The summed E-state index contributed by atoms with van der Waals surface area (Å²) in [5.74, 6) is 0.796. The van der Waals surface area contributed by atoms with Crippen molar-refractivity contribution in [1.82, 2.24) is 20.3 Å². The average Bonchev–Trinajstić information content (AvgIpc) is 2.62. The van der Waals surface area contributed by atoms with Crippen LogP contribution in [0.1, 0.15) is 12.5 Å². The summed E-state index contributed by atoms with van der Waals surface area (Å²) in [6.07, 6.45) is 1.23. The van der Waals surface area contributed by atoms with Gasteiger partial charge in [-0.1, -0.05) is 12.1 Å². The van der Waals surface area contributed by atoms with E-state index in [2.05, 4.69) is 30.9 Å². The fraction of sp³-hybridized carbons (Fsp3) is 0.176. The molecule has 146 valence electrons. The van der Waals surface area contributed by atoms with Gasteiger partial charge in [-0.05, 0) is 36.8 Å². The summed E-state index contributed by atoms with van der Waals surface area (Å²) in [6.45, 7) is 2.32. The molecule has 28 heavy (non-hydrogen) atoms. The number of pyridine rings is 1. The van der Waals surface area contributed by atoms with Crippen LogP contribution in [0, 0.1) is 0 Å². The zero-order chi connectivity index (χ0) is 20.1. The minimum absolute atomic E-state index is 0.311. The molecular formula is C17H19N6O4P. The predicted molar refractivity (Wildman–Crippen MR) is 106 cm³/mol. The third kappa shape index (κ3) is 5.46. The van der Waals surface area contributed by atoms with Gasteiger partial charge in [-0.15, -0.1) is 0 Å². The number of hydrogen-bond donors (Lipinski definition) is 5. The smallest absolute Gasteiger partial charge is 0.329 e. The van der Waals surface area contributed by atoms with Gasteiger partial charge in [0, 0.05) is 12.2 Å². The maximum absolute atomic E-state index is 11.6. The van der Waals surface area contributed by atoms with Gasteiger partial charge in [0.05, 0.1) is 12.4 Å². The van der Waals surface area contributed by atoms with Crippen LogP contribution in [0.3, 0.4) is 0 Å². The van der Waals surface area contributed by atoms with E-state index in [0.717, 1.165) is 0 Å². The van der Waals surface area contributed by atoms with Crippen molar-refractivity contribution in [3.8, 4) is 0 Å². The molecule has 0 spiro atoms. The standard InChI is InChI=1S/C17H19N6O4P/c1-2-18-17(24)23-14-8-7-13-16(21-14)22-15(9-19-13)20-12-5-3-11(4-6-12)10-28(25,26)27/h3-9H,2,10H2,1H3,(H2,25,26,27)(H3,18,20,21,22,23,24). The minimum Gasteiger partial charge on any atom is -0.339 e. The predicted octanol–water partition coefficient (Wildman–Crippen LogP) is 2.59. The number of carbonyl (C=O) groups is 1. The Morgan fingerprint density at radius 2 is 1.79 bits per heavy atom. The Bertz CT molecular complexity index is 1040. The molecule has 0 saturated heterocycles. The highest BCUT2D eigenvalue weighted by atomic mass is 31.2. The van der Waals surface area contributed by atoms with Gasteiger partial charge in [0.2, 0.25) is 0 Å². The third-order valence-corrected chi connectivity index (χ3v) is 4.38. The minimum atomic E-state index is -4.10. The van der Waals surface area contributed by atoms with Crippen LogP contribution >= 0.6 is 7.60 Å². The zero-order valence-electron chi connectivity index (χ0n) is 15.0. The molecule has 0 saturated carbocycles. The fourth-order valence-electron chi connectivity index (χ4n) is 2.43. The number of nitrogens with zero attached hydrogens (tertiary/aromatic N) is 3. The number of rotatable bonds is 6. The number of urea groups is 1. The first-order chi connectivity index (χ1) is 13.3. The van der Waals surface area contributed by atoms with Gasteiger partial charge in [0.1, 0.15) is 11.3 Å². The summed E-state index contributed by atoms with van der Waals surface area (Å²) >= 11 is 0. The Hall–Kier alpha value is -3.07. The van der Waals surface area contributed by atoms with E-state index in [0.29, 0.717) is 40.6 Å². The van der Waals surface area contributed by atoms with E-state index in [4.69, 9.17) is 9.79 Å². The SMILES string of the molecule is CCNC(=O)Nc1ccc2ncc(Nc3ccc(CP(=O)(O)O)cc3)nc2n1. The molecule has 0 fully saturated rings. The van der Waals surface area contributed by atoms with Gasteiger partial charge in [-0.2, -0.15) is 0 Å². The highest BCUT2D eigenvalue weighted by molar-refractivity contribution is 7.50. The van der Waals surface area contributed by atoms with E-state index in [1.165, 1.54) is 0 Å². The highest BCUT2D eigenvalue weighted by Crippen LogP contribution is 2.39. The third-order valence-electron chi connectivity index (χ3n) is 3.60. The van der Waals surface area contributed by atoms with Crippen molar-refractivity contribution in [3.05, 3.63) is 48.2 Å². The number of nitrogens with one attached hydrogen (secondary N) is 3. The van der Waals surface area contributed by atoms with Gasteiger partial charge in [0.25, 0.3) is 0 Å². The average molecular weight is 402 g/mol. The molecule has 0 aliphatic heterocycles. The molecule has 1 aromatic carbocycles. The van der Waals surface area contributed by atoms with E-state index >= 15 is 0 Å². The number of hydrogen-bond acceptors (Lipinski definition) is 6. The molecule has 2 heterocycles. The summed E-state index contributed by atoms with van der Waals surface area (Å²) in [6, 6.07) is 9.63. The first-order valence-corrected chi connectivity index (χ1v) is 10.2. The van der Waals surface area contributed by atoms with Crippen molar-refractivity contribution in [3.63, 3.8) is 0 Å². The summed E-state index contributed by atoms with van der Waals surface area (Å²) in [4.78, 5) is 42.6. The molecule has 0 unspecified atom stereocenters. The van der Waals surface area contributed by atoms with E-state index in [1.54, 1.807) is 42.6 Å². The van der Waals surface area contributed by atoms with Crippen molar-refractivity contribution in [2.75, 3.05) is 17.2 Å². The Morgan fingerprint density at radius 3 is 2.46 bits per heavy atom. The molecule has 0 aliphatic rings. The fourth-order valence-corrected chi connectivity index (χ4v) is 3.11. The van der Waals surface area contributed by atoms with Gasteiger partial charge >= 0.3 is 13.6 Å². The number of fused-ring (bicyclic) bond motifs is 1. The van der Waals surface area contributed by atoms with Crippen LogP contribution in [0.25, 0.3) is 11.2 Å². The van der Waals surface area contributed by atoms with Gasteiger partial charge < -0.3 is 20.4 Å². The van der Waals surface area contributed by atoms with Crippen molar-refractivity contribution < 1.29 is 19.1 Å². The molecule has 0 radical (unpaired) electrons. The monoisotopic (exact) mass is 402 g/mol. The number of amides is 2. The van der Waals surface area contributed by atoms with E-state index < -0.39 is 7.60 Å². The highest BCUT2D eigenvalue weighted by Gasteiger charge is 2.13. The second-order valence-electron chi connectivity index (χ2n) is 5.92. The molecular weight excluding hydrogens is 383 g/mol. The second kappa shape index (κ2) is 8.30. The van der Waals surface area contributed by atoms with Crippen LogP contribution in [0.2, 0.25) is 0 Å². The maximum atomic E-state index is 11.6. The van der Waals surface area contributed by atoms with Crippen LogP contribution in [0.15, 0.2) is 42.6 Å². The lowest BCUT2D eigenvalue weighted by atomic mass is 10.2. The largest absolute Gasteiger partial charge is 0.339 e. The van der Waals surface area contributed by atoms with Crippen molar-refractivity contribution in [2.24, 2.45) is 0 Å². The molecule has 11 heteroatoms. The first kappa shape index (κ1) is 19.7. The van der Waals surface area contributed by atoms with E-state index in [9.17, 15) is 9.36 Å². The van der Waals surface area contributed by atoms with Crippen molar-refractivity contribution in [1.29, 1.82) is 0 Å². The summed E-state index contributed by atoms with van der Waals surface area (Å²) in [7, 11) is -4.10. The van der Waals surface area contributed by atoms with E-state index in [-0.39, 0.29) is 12.2 Å². The zero-order valence-corrected chi connectivity index (χ0v) is 15.8. The normalized spacial score (nSPS) is 11.2. The Kier molecular flexibility index (Phi) is 5.84. The van der Waals surface area contributed by atoms with Crippen LogP contribution in [-0.2, 0) is 10.7 Å². The topological polar surface area (TPSA) is 149 Å². The summed E-state index contributed by atoms with van der Waals surface area (Å²) < 4.78 is 11.1. The van der Waals surface area contributed by atoms with Gasteiger partial charge in [-0.25, -0.2) is 19.7 Å². The number of benzene rings is 1. The molecule has 3 aromatic rings. The maximum Gasteiger partial charge on any atom is 0.329 e. The summed E-state index contributed by atoms with van der Waals surface area (Å²) in [5, 5.41) is 8.29. The molecule has 5 N–H and O–H groups in total. The Labute approximate surface area is 160 Å². The quantitative estimate of drug-likeness (QED) is 0.395. The molecule has 0 atom stereocenters. The lowest BCUT2D eigenvalue weighted by molar-refractivity contribution is 0.252. The van der Waals surface area contributed by atoms with Crippen molar-refractivity contribution in [2.45, 2.75) is 13.1 Å². The second-order valence-corrected chi connectivity index (χ2v) is 7.57. The van der Waals surface area contributed by atoms with Crippen LogP contribution in [0.4, 0.5) is 22.1 Å². The Balaban J connectivity index is 1.75. The molecule has 0 bridgehead atoms. The van der Waals surface area contributed by atoms with Crippen molar-refractivity contribution >= 4 is 42.1 Å². The van der Waals surface area contributed by atoms with Gasteiger partial charge in [-0.3, -0.25) is 9.88 Å². The lowest BCUT2D eigenvalue weighted by Gasteiger charge is -2.09.